The molecule has 1 heterocycles. The van der Waals surface area contributed by atoms with E-state index in [1.165, 1.54) is 30.0 Å². The number of aromatic nitrogens is 1. The van der Waals surface area contributed by atoms with Crippen molar-refractivity contribution >= 4 is 17.5 Å². The van der Waals surface area contributed by atoms with Gasteiger partial charge < -0.3 is 10.6 Å². The number of pyridine rings is 1. The highest BCUT2D eigenvalue weighted by molar-refractivity contribution is 6.05. The average molecular weight is 391 g/mol. The van der Waals surface area contributed by atoms with Gasteiger partial charge >= 0.3 is 0 Å². The number of amides is 2. The average Bonchev–Trinajstić information content (AvgIpc) is 2.75. The van der Waals surface area contributed by atoms with E-state index in [0.29, 0.717) is 24.2 Å². The Morgan fingerprint density at radius 3 is 2.31 bits per heavy atom. The van der Waals surface area contributed by atoms with Gasteiger partial charge in [-0.2, -0.15) is 0 Å². The van der Waals surface area contributed by atoms with Crippen molar-refractivity contribution in [2.24, 2.45) is 0 Å². The fourth-order valence-corrected chi connectivity index (χ4v) is 2.78. The molecule has 0 saturated carbocycles. The summed E-state index contributed by atoms with van der Waals surface area (Å²) in [6.45, 7) is 2.45. The van der Waals surface area contributed by atoms with Crippen LogP contribution < -0.4 is 10.6 Å². The summed E-state index contributed by atoms with van der Waals surface area (Å²) in [6, 6.07) is 16.8. The quantitative estimate of drug-likeness (QED) is 0.639. The molecular formula is C23H22FN3O2. The molecule has 2 N–H and O–H groups in total. The lowest BCUT2D eigenvalue weighted by atomic mass is 10.1. The first kappa shape index (κ1) is 20.2. The SMILES string of the molecule is CCc1ccc(NC(=O)c2ccnc(C(=O)NCCc3ccc(F)cc3)c2)cc1. The fraction of sp³-hybridized carbons (Fsp3) is 0.174. The van der Waals surface area contributed by atoms with E-state index in [4.69, 9.17) is 0 Å². The summed E-state index contributed by atoms with van der Waals surface area (Å²) in [7, 11) is 0. The third-order valence-corrected chi connectivity index (χ3v) is 4.49. The normalized spacial score (nSPS) is 10.4. The van der Waals surface area contributed by atoms with Gasteiger partial charge in [-0.1, -0.05) is 31.2 Å². The molecule has 5 nitrogen and oxygen atoms in total. The van der Waals surface area contributed by atoms with E-state index in [2.05, 4.69) is 22.5 Å². The summed E-state index contributed by atoms with van der Waals surface area (Å²) >= 11 is 0. The highest BCUT2D eigenvalue weighted by Gasteiger charge is 2.12. The number of benzene rings is 2. The predicted octanol–water partition coefficient (Wildman–Crippen LogP) is 4.01. The second-order valence-corrected chi connectivity index (χ2v) is 6.57. The van der Waals surface area contributed by atoms with E-state index in [0.717, 1.165) is 12.0 Å². The van der Waals surface area contributed by atoms with E-state index < -0.39 is 0 Å². The van der Waals surface area contributed by atoms with Crippen LogP contribution in [-0.4, -0.2) is 23.3 Å². The lowest BCUT2D eigenvalue weighted by Crippen LogP contribution is -2.27. The molecule has 0 unspecified atom stereocenters. The Balaban J connectivity index is 1.57. The van der Waals surface area contributed by atoms with Crippen LogP contribution in [0.2, 0.25) is 0 Å². The van der Waals surface area contributed by atoms with Gasteiger partial charge in [0.15, 0.2) is 0 Å². The Kier molecular flexibility index (Phi) is 6.68. The Hall–Kier alpha value is -3.54. The van der Waals surface area contributed by atoms with Crippen LogP contribution in [0, 0.1) is 5.82 Å². The molecule has 1 aromatic heterocycles. The minimum atomic E-state index is -0.367. The maximum Gasteiger partial charge on any atom is 0.269 e. The van der Waals surface area contributed by atoms with Crippen LogP contribution in [0.15, 0.2) is 66.9 Å². The number of nitrogens with one attached hydrogen (secondary N) is 2. The largest absolute Gasteiger partial charge is 0.350 e. The molecule has 0 spiro atoms. The summed E-state index contributed by atoms with van der Waals surface area (Å²) in [5.41, 5.74) is 3.31. The van der Waals surface area contributed by atoms with Crippen LogP contribution in [0.1, 0.15) is 38.9 Å². The monoisotopic (exact) mass is 391 g/mol. The Labute approximate surface area is 169 Å². The van der Waals surface area contributed by atoms with Gasteiger partial charge in [0.2, 0.25) is 0 Å². The van der Waals surface area contributed by atoms with E-state index in [-0.39, 0.29) is 23.3 Å². The molecule has 0 radical (unpaired) electrons. The van der Waals surface area contributed by atoms with Gasteiger partial charge in [0.25, 0.3) is 11.8 Å². The molecule has 0 saturated heterocycles. The smallest absolute Gasteiger partial charge is 0.269 e. The molecule has 2 amide bonds. The van der Waals surface area contributed by atoms with Crippen LogP contribution in [0.25, 0.3) is 0 Å². The second kappa shape index (κ2) is 9.59. The number of carbonyl (C=O) groups excluding carboxylic acids is 2. The van der Waals surface area contributed by atoms with E-state index in [9.17, 15) is 14.0 Å². The zero-order valence-corrected chi connectivity index (χ0v) is 16.1. The van der Waals surface area contributed by atoms with E-state index >= 15 is 0 Å². The molecule has 0 aliphatic carbocycles. The van der Waals surface area contributed by atoms with Gasteiger partial charge in [0.1, 0.15) is 11.5 Å². The predicted molar refractivity (Wildman–Crippen MR) is 110 cm³/mol. The minimum absolute atomic E-state index is 0.165. The second-order valence-electron chi connectivity index (χ2n) is 6.57. The lowest BCUT2D eigenvalue weighted by Gasteiger charge is -2.08. The Morgan fingerprint density at radius 2 is 1.62 bits per heavy atom. The first-order valence-corrected chi connectivity index (χ1v) is 9.44. The number of hydrogen-bond acceptors (Lipinski definition) is 3. The van der Waals surface area contributed by atoms with Crippen LogP contribution in [0.5, 0.6) is 0 Å². The van der Waals surface area contributed by atoms with Crippen molar-refractivity contribution in [1.29, 1.82) is 0 Å². The van der Waals surface area contributed by atoms with E-state index in [1.807, 2.05) is 24.3 Å². The Morgan fingerprint density at radius 1 is 0.931 bits per heavy atom. The topological polar surface area (TPSA) is 71.1 Å². The van der Waals surface area contributed by atoms with Gasteiger partial charge in [-0.15, -0.1) is 0 Å². The fourth-order valence-electron chi connectivity index (χ4n) is 2.78. The number of hydrogen-bond donors (Lipinski definition) is 2. The van der Waals surface area contributed by atoms with Crippen molar-refractivity contribution in [3.63, 3.8) is 0 Å². The number of nitrogens with zero attached hydrogens (tertiary/aromatic N) is 1. The molecule has 6 heteroatoms. The zero-order valence-electron chi connectivity index (χ0n) is 16.1. The zero-order chi connectivity index (χ0) is 20.6. The summed E-state index contributed by atoms with van der Waals surface area (Å²) in [5.74, 6) is -0.968. The van der Waals surface area contributed by atoms with Crippen molar-refractivity contribution < 1.29 is 14.0 Å². The van der Waals surface area contributed by atoms with Crippen LogP contribution >= 0.6 is 0 Å². The maximum atomic E-state index is 12.9. The van der Waals surface area contributed by atoms with Crippen LogP contribution in [0.3, 0.4) is 0 Å². The van der Waals surface area contributed by atoms with Gasteiger partial charge in [-0.05, 0) is 60.4 Å². The van der Waals surface area contributed by atoms with Gasteiger partial charge in [-0.25, -0.2) is 4.39 Å². The molecule has 2 aromatic carbocycles. The highest BCUT2D eigenvalue weighted by Crippen LogP contribution is 2.12. The van der Waals surface area contributed by atoms with Gasteiger partial charge in [0.05, 0.1) is 0 Å². The third kappa shape index (κ3) is 5.72. The molecule has 29 heavy (non-hydrogen) atoms. The number of halogens is 1. The number of rotatable bonds is 7. The molecule has 0 bridgehead atoms. The molecule has 0 aliphatic rings. The third-order valence-electron chi connectivity index (χ3n) is 4.49. The van der Waals surface area contributed by atoms with Crippen molar-refractivity contribution in [1.82, 2.24) is 10.3 Å². The van der Waals surface area contributed by atoms with Crippen LogP contribution in [0.4, 0.5) is 10.1 Å². The lowest BCUT2D eigenvalue weighted by molar-refractivity contribution is 0.0949. The first-order chi connectivity index (χ1) is 14.0. The van der Waals surface area contributed by atoms with Gasteiger partial charge in [0, 0.05) is 24.0 Å². The number of carbonyl (C=O) groups is 2. The molecule has 3 aromatic rings. The molecular weight excluding hydrogens is 369 g/mol. The summed E-state index contributed by atoms with van der Waals surface area (Å²) < 4.78 is 12.9. The number of anilines is 1. The summed E-state index contributed by atoms with van der Waals surface area (Å²) in [5, 5.41) is 5.58. The summed E-state index contributed by atoms with van der Waals surface area (Å²) in [4.78, 5) is 28.8. The minimum Gasteiger partial charge on any atom is -0.350 e. The molecule has 0 atom stereocenters. The maximum absolute atomic E-state index is 12.9. The van der Waals surface area contributed by atoms with Crippen LogP contribution in [-0.2, 0) is 12.8 Å². The molecule has 0 aliphatic heterocycles. The first-order valence-electron chi connectivity index (χ1n) is 9.44. The Bertz CT molecular complexity index is 986. The van der Waals surface area contributed by atoms with E-state index in [1.54, 1.807) is 18.2 Å². The molecule has 3 rings (SSSR count). The number of aryl methyl sites for hydroxylation is 1. The summed E-state index contributed by atoms with van der Waals surface area (Å²) in [6.07, 6.45) is 2.93. The van der Waals surface area contributed by atoms with Crippen molar-refractivity contribution in [2.45, 2.75) is 19.8 Å². The van der Waals surface area contributed by atoms with Crippen molar-refractivity contribution in [2.75, 3.05) is 11.9 Å². The standard InChI is InChI=1S/C23H22FN3O2/c1-2-16-5-9-20(10-6-16)27-22(28)18-12-14-25-21(15-18)23(29)26-13-11-17-3-7-19(24)8-4-17/h3-10,12,14-15H,2,11,13H2,1H3,(H,26,29)(H,27,28). The molecule has 148 valence electrons. The van der Waals surface area contributed by atoms with Crippen molar-refractivity contribution in [3.05, 3.63) is 95.1 Å². The molecule has 0 fully saturated rings. The highest BCUT2D eigenvalue weighted by atomic mass is 19.1. The van der Waals surface area contributed by atoms with Crippen molar-refractivity contribution in [3.8, 4) is 0 Å². The van der Waals surface area contributed by atoms with Gasteiger partial charge in [-0.3, -0.25) is 14.6 Å².